The van der Waals surface area contributed by atoms with Crippen molar-refractivity contribution in [2.45, 2.75) is 0 Å². The molecule has 1 aliphatic rings. The zero-order valence-electron chi connectivity index (χ0n) is 11.0. The topological polar surface area (TPSA) is 38.7 Å². The van der Waals surface area contributed by atoms with Gasteiger partial charge in [0, 0.05) is 10.0 Å². The monoisotopic (exact) mass is 363 g/mol. The highest BCUT2D eigenvalue weighted by Gasteiger charge is 2.24. The predicted molar refractivity (Wildman–Crippen MR) is 81.1 cm³/mol. The normalized spacial score (nSPS) is 15.9. The number of cyclic esters (lactones) is 1. The van der Waals surface area contributed by atoms with E-state index >= 15 is 0 Å². The number of carbonyl (C=O) groups excluding carboxylic acids is 1. The number of benzene rings is 2. The van der Waals surface area contributed by atoms with Crippen LogP contribution in [0.2, 0.25) is 0 Å². The highest BCUT2D eigenvalue weighted by molar-refractivity contribution is 9.10. The van der Waals surface area contributed by atoms with Crippen LogP contribution in [0.25, 0.3) is 6.08 Å². The van der Waals surface area contributed by atoms with Crippen LogP contribution in [0, 0.1) is 11.6 Å². The number of esters is 1. The third-order valence-corrected chi connectivity index (χ3v) is 3.49. The van der Waals surface area contributed by atoms with Gasteiger partial charge >= 0.3 is 5.97 Å². The Kier molecular flexibility index (Phi) is 3.85. The molecule has 0 amide bonds. The minimum Gasteiger partial charge on any atom is -0.402 e. The van der Waals surface area contributed by atoms with Crippen molar-refractivity contribution in [1.29, 1.82) is 0 Å². The van der Waals surface area contributed by atoms with Crippen molar-refractivity contribution < 1.29 is 18.3 Å². The fourth-order valence-corrected chi connectivity index (χ4v) is 2.14. The van der Waals surface area contributed by atoms with Crippen LogP contribution >= 0.6 is 15.9 Å². The summed E-state index contributed by atoms with van der Waals surface area (Å²) in [7, 11) is 0. The molecule has 0 saturated heterocycles. The Labute approximate surface area is 133 Å². The molecule has 22 heavy (non-hydrogen) atoms. The Morgan fingerprint density at radius 1 is 1.05 bits per heavy atom. The van der Waals surface area contributed by atoms with E-state index in [-0.39, 0.29) is 17.2 Å². The second kappa shape index (κ2) is 5.81. The average Bonchev–Trinajstić information content (AvgIpc) is 2.85. The molecule has 0 bridgehead atoms. The number of halogens is 3. The summed E-state index contributed by atoms with van der Waals surface area (Å²) in [5.74, 6) is -2.68. The Morgan fingerprint density at radius 2 is 1.77 bits per heavy atom. The molecule has 3 nitrogen and oxygen atoms in total. The van der Waals surface area contributed by atoms with E-state index in [2.05, 4.69) is 20.9 Å². The van der Waals surface area contributed by atoms with Crippen LogP contribution < -0.4 is 0 Å². The Hall–Kier alpha value is -2.34. The lowest BCUT2D eigenvalue weighted by Crippen LogP contribution is -2.06. The SMILES string of the molecule is O=C1OC(c2ccc(F)c(F)c2)=N/C1=C/c1ccc(Br)cc1. The quantitative estimate of drug-likeness (QED) is 0.595. The maximum atomic E-state index is 13.2. The van der Waals surface area contributed by atoms with E-state index in [4.69, 9.17) is 4.74 Å². The minimum absolute atomic E-state index is 0.0488. The van der Waals surface area contributed by atoms with Crippen LogP contribution in [0.1, 0.15) is 11.1 Å². The lowest BCUT2D eigenvalue weighted by atomic mass is 10.2. The van der Waals surface area contributed by atoms with Crippen molar-refractivity contribution in [3.05, 3.63) is 75.4 Å². The molecule has 0 aromatic heterocycles. The molecule has 0 atom stereocenters. The van der Waals surface area contributed by atoms with Gasteiger partial charge in [-0.3, -0.25) is 0 Å². The first kappa shape index (κ1) is 14.6. The molecular formula is C16H8BrF2NO2. The average molecular weight is 364 g/mol. The molecule has 0 spiro atoms. The van der Waals surface area contributed by atoms with Crippen LogP contribution in [-0.4, -0.2) is 11.9 Å². The second-order valence-electron chi connectivity index (χ2n) is 4.52. The van der Waals surface area contributed by atoms with E-state index in [1.807, 2.05) is 12.1 Å². The zero-order valence-corrected chi connectivity index (χ0v) is 12.6. The Morgan fingerprint density at radius 3 is 2.45 bits per heavy atom. The number of hydrogen-bond acceptors (Lipinski definition) is 3. The Balaban J connectivity index is 1.94. The first-order valence-corrected chi connectivity index (χ1v) is 7.06. The lowest BCUT2D eigenvalue weighted by molar-refractivity contribution is -0.129. The van der Waals surface area contributed by atoms with Gasteiger partial charge in [-0.15, -0.1) is 0 Å². The highest BCUT2D eigenvalue weighted by Crippen LogP contribution is 2.21. The summed E-state index contributed by atoms with van der Waals surface area (Å²) in [6.45, 7) is 0. The van der Waals surface area contributed by atoms with Crippen molar-refractivity contribution in [3.63, 3.8) is 0 Å². The lowest BCUT2D eigenvalue weighted by Gasteiger charge is -1.99. The van der Waals surface area contributed by atoms with Gasteiger partial charge in [0.05, 0.1) is 0 Å². The molecule has 0 radical (unpaired) electrons. The number of carbonyl (C=O) groups is 1. The van der Waals surface area contributed by atoms with E-state index in [1.165, 1.54) is 6.07 Å². The summed E-state index contributed by atoms with van der Waals surface area (Å²) >= 11 is 3.32. The summed E-state index contributed by atoms with van der Waals surface area (Å²) in [4.78, 5) is 15.8. The van der Waals surface area contributed by atoms with Crippen LogP contribution in [0.15, 0.2) is 57.6 Å². The summed E-state index contributed by atoms with van der Waals surface area (Å²) < 4.78 is 32.1. The third kappa shape index (κ3) is 2.96. The smallest absolute Gasteiger partial charge is 0.363 e. The van der Waals surface area contributed by atoms with E-state index in [9.17, 15) is 13.6 Å². The van der Waals surface area contributed by atoms with Gasteiger partial charge in [0.25, 0.3) is 0 Å². The highest BCUT2D eigenvalue weighted by atomic mass is 79.9. The van der Waals surface area contributed by atoms with Crippen molar-refractivity contribution in [1.82, 2.24) is 0 Å². The molecule has 1 aliphatic heterocycles. The van der Waals surface area contributed by atoms with Gasteiger partial charge in [-0.2, -0.15) is 0 Å². The fraction of sp³-hybridized carbons (Fsp3) is 0. The molecule has 0 saturated carbocycles. The molecule has 6 heteroatoms. The van der Waals surface area contributed by atoms with Crippen molar-refractivity contribution in [3.8, 4) is 0 Å². The molecule has 0 aliphatic carbocycles. The van der Waals surface area contributed by atoms with Gasteiger partial charge in [0.15, 0.2) is 17.3 Å². The van der Waals surface area contributed by atoms with Gasteiger partial charge in [0.1, 0.15) is 0 Å². The summed E-state index contributed by atoms with van der Waals surface area (Å²) in [6, 6.07) is 10.4. The van der Waals surface area contributed by atoms with Crippen LogP contribution in [-0.2, 0) is 9.53 Å². The van der Waals surface area contributed by atoms with Crippen molar-refractivity contribution in [2.75, 3.05) is 0 Å². The van der Waals surface area contributed by atoms with Crippen LogP contribution in [0.3, 0.4) is 0 Å². The third-order valence-electron chi connectivity index (χ3n) is 2.96. The predicted octanol–water partition coefficient (Wildman–Crippen LogP) is 4.07. The van der Waals surface area contributed by atoms with Gasteiger partial charge in [-0.25, -0.2) is 18.6 Å². The Bertz CT molecular complexity index is 813. The first-order chi connectivity index (χ1) is 10.5. The van der Waals surface area contributed by atoms with E-state index < -0.39 is 17.6 Å². The minimum atomic E-state index is -1.03. The van der Waals surface area contributed by atoms with Gasteiger partial charge in [-0.05, 0) is 42.0 Å². The van der Waals surface area contributed by atoms with Crippen LogP contribution in [0.4, 0.5) is 8.78 Å². The first-order valence-electron chi connectivity index (χ1n) is 6.26. The molecule has 0 N–H and O–H groups in total. The maximum Gasteiger partial charge on any atom is 0.363 e. The molecule has 3 rings (SSSR count). The number of rotatable bonds is 2. The molecular weight excluding hydrogens is 356 g/mol. The fourth-order valence-electron chi connectivity index (χ4n) is 1.88. The number of ether oxygens (including phenoxy) is 1. The van der Waals surface area contributed by atoms with E-state index in [1.54, 1.807) is 18.2 Å². The van der Waals surface area contributed by atoms with Gasteiger partial charge < -0.3 is 4.74 Å². The molecule has 0 fully saturated rings. The largest absolute Gasteiger partial charge is 0.402 e. The number of hydrogen-bond donors (Lipinski definition) is 0. The zero-order chi connectivity index (χ0) is 15.7. The number of nitrogens with zero attached hydrogens (tertiary/aromatic N) is 1. The van der Waals surface area contributed by atoms with E-state index in [0.717, 1.165) is 22.2 Å². The second-order valence-corrected chi connectivity index (χ2v) is 5.43. The van der Waals surface area contributed by atoms with Crippen molar-refractivity contribution >= 4 is 33.9 Å². The van der Waals surface area contributed by atoms with Crippen LogP contribution in [0.5, 0.6) is 0 Å². The molecule has 1 heterocycles. The standard InChI is InChI=1S/C16H8BrF2NO2/c17-11-4-1-9(2-5-11)7-14-16(21)22-15(20-14)10-3-6-12(18)13(19)8-10/h1-8H/b14-7+. The summed E-state index contributed by atoms with van der Waals surface area (Å²) in [5, 5.41) is 0. The maximum absolute atomic E-state index is 13.2. The molecule has 2 aromatic carbocycles. The molecule has 110 valence electrons. The van der Waals surface area contributed by atoms with Gasteiger partial charge in [0.2, 0.25) is 5.90 Å². The van der Waals surface area contributed by atoms with Crippen molar-refractivity contribution in [2.24, 2.45) is 4.99 Å². The van der Waals surface area contributed by atoms with E-state index in [0.29, 0.717) is 0 Å². The number of aliphatic imine (C=N–C) groups is 1. The summed E-state index contributed by atoms with van der Waals surface area (Å²) in [6.07, 6.45) is 1.56. The molecule has 2 aromatic rings. The summed E-state index contributed by atoms with van der Waals surface area (Å²) in [5.41, 5.74) is 1.07. The van der Waals surface area contributed by atoms with Gasteiger partial charge in [-0.1, -0.05) is 28.1 Å². The molecule has 0 unspecified atom stereocenters.